The molecular formula is C12H23N2O6P. The maximum atomic E-state index is 11.4. The van der Waals surface area contributed by atoms with E-state index in [2.05, 4.69) is 0 Å². The smallest absolute Gasteiger partial charge is 0.329 e. The summed E-state index contributed by atoms with van der Waals surface area (Å²) >= 11 is 0. The number of ether oxygens (including phenoxy) is 1. The van der Waals surface area contributed by atoms with Crippen molar-refractivity contribution in [2.24, 2.45) is 5.73 Å². The van der Waals surface area contributed by atoms with Crippen molar-refractivity contribution in [2.75, 3.05) is 26.4 Å². The number of hydrogen-bond donors (Lipinski definition) is 3. The number of carbonyl (C=O) groups is 2. The van der Waals surface area contributed by atoms with Crippen molar-refractivity contribution in [3.63, 3.8) is 0 Å². The van der Waals surface area contributed by atoms with Crippen LogP contribution in [0.4, 0.5) is 0 Å². The molecule has 0 aromatic carbocycles. The van der Waals surface area contributed by atoms with Crippen LogP contribution in [0.25, 0.3) is 0 Å². The highest BCUT2D eigenvalue weighted by molar-refractivity contribution is 7.52. The fourth-order valence-corrected chi connectivity index (χ4v) is 2.30. The zero-order valence-corrected chi connectivity index (χ0v) is 13.4. The molecule has 0 aliphatic heterocycles. The summed E-state index contributed by atoms with van der Waals surface area (Å²) in [6.07, 6.45) is 0.991. The topological polar surface area (TPSA) is 130 Å². The second-order valence-corrected chi connectivity index (χ2v) is 6.26. The van der Waals surface area contributed by atoms with Gasteiger partial charge in [0.05, 0.1) is 12.8 Å². The van der Waals surface area contributed by atoms with Crippen LogP contribution in [0.1, 0.15) is 20.3 Å². The maximum absolute atomic E-state index is 11.4. The van der Waals surface area contributed by atoms with Crippen LogP contribution in [0.5, 0.6) is 0 Å². The van der Waals surface area contributed by atoms with E-state index in [1.807, 2.05) is 0 Å². The van der Waals surface area contributed by atoms with Crippen molar-refractivity contribution in [3.8, 4) is 0 Å². The fourth-order valence-electron chi connectivity index (χ4n) is 1.51. The third-order valence-electron chi connectivity index (χ3n) is 2.69. The molecule has 0 rings (SSSR count). The molecule has 0 fully saturated rings. The predicted octanol–water partition coefficient (Wildman–Crippen LogP) is -0.151. The summed E-state index contributed by atoms with van der Waals surface area (Å²) in [4.78, 5) is 42.1. The van der Waals surface area contributed by atoms with Crippen molar-refractivity contribution in [1.29, 1.82) is 0 Å². The third-order valence-corrected chi connectivity index (χ3v) is 3.51. The second-order valence-electron chi connectivity index (χ2n) is 4.62. The van der Waals surface area contributed by atoms with Gasteiger partial charge in [0.2, 0.25) is 5.91 Å². The van der Waals surface area contributed by atoms with E-state index in [-0.39, 0.29) is 25.5 Å². The summed E-state index contributed by atoms with van der Waals surface area (Å²) in [7, 11) is -2.71. The van der Waals surface area contributed by atoms with Gasteiger partial charge in [-0.2, -0.15) is 0 Å². The van der Waals surface area contributed by atoms with Gasteiger partial charge in [0.25, 0.3) is 0 Å². The van der Waals surface area contributed by atoms with Crippen molar-refractivity contribution in [3.05, 3.63) is 11.6 Å². The van der Waals surface area contributed by atoms with E-state index in [4.69, 9.17) is 20.3 Å². The first-order valence-corrected chi connectivity index (χ1v) is 8.24. The highest BCUT2D eigenvalue weighted by Crippen LogP contribution is 2.37. The SMILES string of the molecule is CCOC(=O)C(N)/C=C(/CCN(C)C(C)=O)CP(=O)(O)O. The lowest BCUT2D eigenvalue weighted by Gasteiger charge is -2.17. The van der Waals surface area contributed by atoms with E-state index in [1.165, 1.54) is 17.9 Å². The van der Waals surface area contributed by atoms with E-state index in [9.17, 15) is 14.2 Å². The van der Waals surface area contributed by atoms with E-state index in [0.29, 0.717) is 5.57 Å². The van der Waals surface area contributed by atoms with E-state index >= 15 is 0 Å². The first-order chi connectivity index (χ1) is 9.56. The minimum absolute atomic E-state index is 0.166. The Kier molecular flexibility index (Phi) is 8.43. The van der Waals surface area contributed by atoms with Gasteiger partial charge in [-0.3, -0.25) is 14.2 Å². The van der Waals surface area contributed by atoms with Gasteiger partial charge in [-0.25, -0.2) is 0 Å². The molecule has 122 valence electrons. The lowest BCUT2D eigenvalue weighted by molar-refractivity contribution is -0.143. The van der Waals surface area contributed by atoms with Crippen LogP contribution >= 0.6 is 7.60 Å². The van der Waals surface area contributed by atoms with Gasteiger partial charge in [0, 0.05) is 20.5 Å². The van der Waals surface area contributed by atoms with Crippen molar-refractivity contribution < 1.29 is 28.7 Å². The Morgan fingerprint density at radius 1 is 1.43 bits per heavy atom. The molecule has 1 atom stereocenters. The molecule has 0 aromatic heterocycles. The third kappa shape index (κ3) is 9.36. The molecule has 8 nitrogen and oxygen atoms in total. The van der Waals surface area contributed by atoms with Crippen LogP contribution in [0, 0.1) is 0 Å². The van der Waals surface area contributed by atoms with Gasteiger partial charge in [0.15, 0.2) is 0 Å². The predicted molar refractivity (Wildman–Crippen MR) is 77.5 cm³/mol. The molecule has 0 aliphatic rings. The lowest BCUT2D eigenvalue weighted by atomic mass is 10.1. The zero-order chi connectivity index (χ0) is 16.6. The number of esters is 1. The molecule has 1 unspecified atom stereocenters. The summed E-state index contributed by atoms with van der Waals surface area (Å²) in [5, 5.41) is 0. The average Bonchev–Trinajstić information content (AvgIpc) is 2.33. The van der Waals surface area contributed by atoms with Crippen LogP contribution in [0.2, 0.25) is 0 Å². The minimum atomic E-state index is -4.29. The highest BCUT2D eigenvalue weighted by atomic mass is 31.2. The molecule has 1 amide bonds. The zero-order valence-electron chi connectivity index (χ0n) is 12.5. The molecule has 0 bridgehead atoms. The first kappa shape index (κ1) is 19.8. The molecule has 0 saturated carbocycles. The Labute approximate surface area is 124 Å². The molecule has 9 heteroatoms. The number of amides is 1. The largest absolute Gasteiger partial charge is 0.465 e. The molecule has 0 spiro atoms. The Balaban J connectivity index is 4.92. The normalized spacial score (nSPS) is 13.7. The number of hydrogen-bond acceptors (Lipinski definition) is 5. The van der Waals surface area contributed by atoms with Gasteiger partial charge in [-0.05, 0) is 13.3 Å². The van der Waals surface area contributed by atoms with Crippen molar-refractivity contribution in [2.45, 2.75) is 26.3 Å². The average molecular weight is 322 g/mol. The van der Waals surface area contributed by atoms with Gasteiger partial charge < -0.3 is 25.2 Å². The van der Waals surface area contributed by atoms with Crippen LogP contribution in [-0.2, 0) is 18.9 Å². The standard InChI is InChI=1S/C12H23N2O6P/c1-4-20-12(16)11(13)7-10(8-21(17,18)19)5-6-14(3)9(2)15/h7,11H,4-6,8,13H2,1-3H3,(H2,17,18,19)/b10-7-. The Hall–Kier alpha value is -1.21. The first-order valence-electron chi connectivity index (χ1n) is 6.45. The quantitative estimate of drug-likeness (QED) is 0.322. The van der Waals surface area contributed by atoms with Crippen LogP contribution in [-0.4, -0.2) is 59.0 Å². The molecular weight excluding hydrogens is 299 g/mol. The van der Waals surface area contributed by atoms with Crippen molar-refractivity contribution >= 4 is 19.5 Å². The number of carbonyl (C=O) groups excluding carboxylic acids is 2. The highest BCUT2D eigenvalue weighted by Gasteiger charge is 2.20. The Morgan fingerprint density at radius 2 is 2.00 bits per heavy atom. The van der Waals surface area contributed by atoms with Gasteiger partial charge in [-0.15, -0.1) is 0 Å². The molecule has 4 N–H and O–H groups in total. The molecule has 0 radical (unpaired) electrons. The molecule has 0 aromatic rings. The number of nitrogens with zero attached hydrogens (tertiary/aromatic N) is 1. The van der Waals surface area contributed by atoms with E-state index < -0.39 is 25.8 Å². The van der Waals surface area contributed by atoms with E-state index in [1.54, 1.807) is 14.0 Å². The summed E-state index contributed by atoms with van der Waals surface area (Å²) in [6, 6.07) is -1.09. The monoisotopic (exact) mass is 322 g/mol. The van der Waals surface area contributed by atoms with Crippen molar-refractivity contribution in [1.82, 2.24) is 4.90 Å². The summed E-state index contributed by atoms with van der Waals surface area (Å²) in [5.41, 5.74) is 5.92. The summed E-state index contributed by atoms with van der Waals surface area (Å²) < 4.78 is 15.8. The van der Waals surface area contributed by atoms with Gasteiger partial charge in [0.1, 0.15) is 6.04 Å². The summed E-state index contributed by atoms with van der Waals surface area (Å²) in [6.45, 7) is 3.46. The minimum Gasteiger partial charge on any atom is -0.465 e. The van der Waals surface area contributed by atoms with Crippen LogP contribution in [0.15, 0.2) is 11.6 Å². The Bertz CT molecular complexity index is 445. The lowest BCUT2D eigenvalue weighted by Crippen LogP contribution is -2.31. The molecule has 0 aliphatic carbocycles. The number of nitrogens with two attached hydrogens (primary N) is 1. The molecule has 21 heavy (non-hydrogen) atoms. The van der Waals surface area contributed by atoms with E-state index in [0.717, 1.165) is 0 Å². The van der Waals surface area contributed by atoms with Crippen LogP contribution < -0.4 is 5.73 Å². The fraction of sp³-hybridized carbons (Fsp3) is 0.667. The maximum Gasteiger partial charge on any atom is 0.329 e. The van der Waals surface area contributed by atoms with Gasteiger partial charge >= 0.3 is 13.6 Å². The van der Waals surface area contributed by atoms with Crippen LogP contribution in [0.3, 0.4) is 0 Å². The number of rotatable bonds is 8. The summed E-state index contributed by atoms with van der Waals surface area (Å²) in [5.74, 6) is -0.833. The van der Waals surface area contributed by atoms with Gasteiger partial charge in [-0.1, -0.05) is 11.6 Å². The molecule has 0 heterocycles. The molecule has 0 saturated heterocycles. The second kappa shape index (κ2) is 8.94. The Morgan fingerprint density at radius 3 is 2.43 bits per heavy atom.